The van der Waals surface area contributed by atoms with Gasteiger partial charge in [0.2, 0.25) is 0 Å². The van der Waals surface area contributed by atoms with Gasteiger partial charge in [-0.2, -0.15) is 0 Å². The van der Waals surface area contributed by atoms with E-state index >= 15 is 0 Å². The maximum absolute atomic E-state index is 11.2. The third-order valence-electron chi connectivity index (χ3n) is 3.15. The van der Waals surface area contributed by atoms with E-state index in [1.54, 1.807) is 0 Å². The lowest BCUT2D eigenvalue weighted by Crippen LogP contribution is -2.01. The van der Waals surface area contributed by atoms with Crippen molar-refractivity contribution >= 4 is 5.57 Å². The van der Waals surface area contributed by atoms with Crippen LogP contribution in [0.15, 0.2) is 27.4 Å². The van der Waals surface area contributed by atoms with Gasteiger partial charge in [-0.3, -0.25) is 0 Å². The second kappa shape index (κ2) is 6.43. The molecule has 0 spiro atoms. The number of allylic oxidation sites excluding steroid dienone is 2. The summed E-state index contributed by atoms with van der Waals surface area (Å²) in [6.07, 6.45) is 4.36. The molecule has 100 valence electrons. The highest BCUT2D eigenvalue weighted by Crippen LogP contribution is 2.22. The highest BCUT2D eigenvalue weighted by molar-refractivity contribution is 5.60. The summed E-state index contributed by atoms with van der Waals surface area (Å²) in [5.74, 6) is 1.49. The summed E-state index contributed by atoms with van der Waals surface area (Å²) in [4.78, 5) is 11.2. The Kier molecular flexibility index (Phi) is 5.20. The fourth-order valence-corrected chi connectivity index (χ4v) is 2.04. The molecule has 1 heterocycles. The van der Waals surface area contributed by atoms with Crippen LogP contribution in [0.5, 0.6) is 5.75 Å². The quantitative estimate of drug-likeness (QED) is 0.864. The van der Waals surface area contributed by atoms with Gasteiger partial charge in [0.1, 0.15) is 11.5 Å². The van der Waals surface area contributed by atoms with Crippen molar-refractivity contribution in [2.45, 2.75) is 40.5 Å². The highest BCUT2D eigenvalue weighted by atomic mass is 16.4. The molecule has 1 aromatic heterocycles. The van der Waals surface area contributed by atoms with Gasteiger partial charge in [0, 0.05) is 6.07 Å². The van der Waals surface area contributed by atoms with Crippen molar-refractivity contribution in [3.63, 3.8) is 0 Å². The fourth-order valence-electron chi connectivity index (χ4n) is 2.04. The molecular weight excluding hydrogens is 228 g/mol. The summed E-state index contributed by atoms with van der Waals surface area (Å²) in [6.45, 7) is 8.46. The maximum Gasteiger partial charge on any atom is 0.339 e. The molecule has 0 radical (unpaired) electrons. The van der Waals surface area contributed by atoms with Crippen molar-refractivity contribution in [2.75, 3.05) is 0 Å². The van der Waals surface area contributed by atoms with E-state index in [9.17, 15) is 9.90 Å². The molecule has 0 aliphatic rings. The fraction of sp³-hybridized carbons (Fsp3) is 0.533. The Morgan fingerprint density at radius 2 is 2.11 bits per heavy atom. The Hall–Kier alpha value is -1.51. The summed E-state index contributed by atoms with van der Waals surface area (Å²) < 4.78 is 5.07. The largest absolute Gasteiger partial charge is 0.508 e. The first-order valence-corrected chi connectivity index (χ1v) is 6.45. The van der Waals surface area contributed by atoms with E-state index < -0.39 is 5.63 Å². The molecule has 1 rings (SSSR count). The van der Waals surface area contributed by atoms with Gasteiger partial charge < -0.3 is 9.52 Å². The van der Waals surface area contributed by atoms with Gasteiger partial charge in [0.15, 0.2) is 0 Å². The molecule has 0 amide bonds. The molecule has 3 nitrogen and oxygen atoms in total. The van der Waals surface area contributed by atoms with E-state index in [0.29, 0.717) is 17.6 Å². The van der Waals surface area contributed by atoms with Crippen molar-refractivity contribution in [1.82, 2.24) is 0 Å². The Morgan fingerprint density at radius 3 is 2.67 bits per heavy atom. The predicted molar refractivity (Wildman–Crippen MR) is 73.5 cm³/mol. The van der Waals surface area contributed by atoms with Gasteiger partial charge >= 0.3 is 5.63 Å². The SMILES string of the molecule is CCC(C)CC(C)C=C(C)c1cc(O)cc(=O)o1. The van der Waals surface area contributed by atoms with Gasteiger partial charge in [-0.25, -0.2) is 4.79 Å². The lowest BCUT2D eigenvalue weighted by atomic mass is 9.93. The van der Waals surface area contributed by atoms with Gasteiger partial charge in [-0.1, -0.05) is 33.3 Å². The molecule has 0 aliphatic carbocycles. The minimum atomic E-state index is -0.521. The van der Waals surface area contributed by atoms with Crippen LogP contribution in [0.3, 0.4) is 0 Å². The molecule has 2 atom stereocenters. The molecule has 0 aliphatic heterocycles. The average Bonchev–Trinajstić information content (AvgIpc) is 2.27. The number of rotatable bonds is 5. The number of hydrogen-bond acceptors (Lipinski definition) is 3. The second-order valence-electron chi connectivity index (χ2n) is 5.07. The summed E-state index contributed by atoms with van der Waals surface area (Å²) in [5.41, 5.74) is 0.367. The van der Waals surface area contributed by atoms with Crippen LogP contribution in [0.25, 0.3) is 5.57 Å². The third kappa shape index (κ3) is 4.40. The summed E-state index contributed by atoms with van der Waals surface area (Å²) in [7, 11) is 0. The summed E-state index contributed by atoms with van der Waals surface area (Å²) in [6, 6.07) is 2.54. The van der Waals surface area contributed by atoms with E-state index in [2.05, 4.69) is 26.8 Å². The van der Waals surface area contributed by atoms with Crippen LogP contribution in [0.2, 0.25) is 0 Å². The van der Waals surface area contributed by atoms with E-state index in [1.807, 2.05) is 6.92 Å². The molecular formula is C15H22O3. The second-order valence-corrected chi connectivity index (χ2v) is 5.07. The number of hydrogen-bond donors (Lipinski definition) is 1. The van der Waals surface area contributed by atoms with Crippen molar-refractivity contribution in [1.29, 1.82) is 0 Å². The van der Waals surface area contributed by atoms with Crippen molar-refractivity contribution < 1.29 is 9.52 Å². The van der Waals surface area contributed by atoms with Crippen LogP contribution in [0.4, 0.5) is 0 Å². The molecule has 0 saturated heterocycles. The maximum atomic E-state index is 11.2. The van der Waals surface area contributed by atoms with Gasteiger partial charge in [0.25, 0.3) is 0 Å². The smallest absolute Gasteiger partial charge is 0.339 e. The summed E-state index contributed by atoms with van der Waals surface area (Å²) >= 11 is 0. The minimum absolute atomic E-state index is 0.0522. The molecule has 2 unspecified atom stereocenters. The zero-order valence-corrected chi connectivity index (χ0v) is 11.6. The van der Waals surface area contributed by atoms with Gasteiger partial charge in [-0.05, 0) is 30.8 Å². The molecule has 0 bridgehead atoms. The van der Waals surface area contributed by atoms with Crippen molar-refractivity contribution in [3.05, 3.63) is 34.4 Å². The monoisotopic (exact) mass is 250 g/mol. The molecule has 0 saturated carbocycles. The lowest BCUT2D eigenvalue weighted by molar-refractivity contribution is 0.440. The van der Waals surface area contributed by atoms with E-state index in [1.165, 1.54) is 12.5 Å². The normalized spacial score (nSPS) is 15.4. The Balaban J connectivity index is 2.85. The highest BCUT2D eigenvalue weighted by Gasteiger charge is 2.08. The minimum Gasteiger partial charge on any atom is -0.508 e. The van der Waals surface area contributed by atoms with Crippen LogP contribution < -0.4 is 5.63 Å². The zero-order valence-electron chi connectivity index (χ0n) is 11.6. The van der Waals surface area contributed by atoms with E-state index in [4.69, 9.17) is 4.42 Å². The zero-order chi connectivity index (χ0) is 13.7. The molecule has 0 aromatic carbocycles. The molecule has 18 heavy (non-hydrogen) atoms. The van der Waals surface area contributed by atoms with Crippen LogP contribution in [-0.4, -0.2) is 5.11 Å². The Morgan fingerprint density at radius 1 is 1.44 bits per heavy atom. The first kappa shape index (κ1) is 14.6. The standard InChI is InChI=1S/C15H22O3/c1-5-10(2)6-11(3)7-12(4)14-8-13(16)9-15(17)18-14/h7-11,16H,5-6H2,1-4H3. The van der Waals surface area contributed by atoms with Crippen molar-refractivity contribution in [3.8, 4) is 5.75 Å². The Bertz CT molecular complexity index is 471. The molecule has 0 fully saturated rings. The van der Waals surface area contributed by atoms with Crippen LogP contribution >= 0.6 is 0 Å². The predicted octanol–water partition coefficient (Wildman–Crippen LogP) is 3.82. The van der Waals surface area contributed by atoms with Gasteiger partial charge in [-0.15, -0.1) is 0 Å². The topological polar surface area (TPSA) is 50.4 Å². The van der Waals surface area contributed by atoms with Gasteiger partial charge in [0.05, 0.1) is 6.07 Å². The lowest BCUT2D eigenvalue weighted by Gasteiger charge is -2.13. The van der Waals surface area contributed by atoms with Crippen LogP contribution in [-0.2, 0) is 0 Å². The first-order valence-electron chi connectivity index (χ1n) is 6.45. The molecule has 3 heteroatoms. The summed E-state index contributed by atoms with van der Waals surface area (Å²) in [5, 5.41) is 9.37. The average molecular weight is 250 g/mol. The van der Waals surface area contributed by atoms with Crippen LogP contribution in [0, 0.1) is 11.8 Å². The van der Waals surface area contributed by atoms with Crippen molar-refractivity contribution in [2.24, 2.45) is 11.8 Å². The molecule has 1 aromatic rings. The van der Waals surface area contributed by atoms with Crippen LogP contribution in [0.1, 0.15) is 46.3 Å². The first-order chi connectivity index (χ1) is 8.42. The number of aromatic hydroxyl groups is 1. The third-order valence-corrected chi connectivity index (χ3v) is 3.15. The molecule has 1 N–H and O–H groups in total. The van der Waals surface area contributed by atoms with E-state index in [0.717, 1.165) is 18.1 Å². The van der Waals surface area contributed by atoms with E-state index in [-0.39, 0.29) is 5.75 Å². The Labute approximate surface area is 108 Å².